The van der Waals surface area contributed by atoms with E-state index in [1.54, 1.807) is 7.05 Å². The molecule has 4 nitrogen and oxygen atoms in total. The van der Waals surface area contributed by atoms with Crippen molar-refractivity contribution in [3.05, 3.63) is 29.3 Å². The van der Waals surface area contributed by atoms with Crippen LogP contribution in [0.5, 0.6) is 0 Å². The maximum Gasteiger partial charge on any atom is 0.221 e. The maximum absolute atomic E-state index is 11.1. The third-order valence-electron chi connectivity index (χ3n) is 3.41. The van der Waals surface area contributed by atoms with Gasteiger partial charge in [0.2, 0.25) is 5.91 Å². The summed E-state index contributed by atoms with van der Waals surface area (Å²) in [5.41, 5.74) is 4.08. The number of hydrogen-bond donors (Lipinski definition) is 2. The lowest BCUT2D eigenvalue weighted by atomic mass is 10.1. The summed E-state index contributed by atoms with van der Waals surface area (Å²) < 4.78 is 0. The molecular formula is C14H21N3O. The SMILES string of the molecule is CNC(=O)CCNCc1ccc2c(c1)CCN2C. The van der Waals surface area contributed by atoms with Crippen LogP contribution >= 0.6 is 0 Å². The summed E-state index contributed by atoms with van der Waals surface area (Å²) in [6.45, 7) is 2.66. The Balaban J connectivity index is 1.82. The average molecular weight is 247 g/mol. The van der Waals surface area contributed by atoms with Gasteiger partial charge >= 0.3 is 0 Å². The zero-order valence-electron chi connectivity index (χ0n) is 11.1. The number of carbonyl (C=O) groups excluding carboxylic acids is 1. The van der Waals surface area contributed by atoms with Gasteiger partial charge in [0.05, 0.1) is 0 Å². The predicted molar refractivity (Wildman–Crippen MR) is 73.8 cm³/mol. The smallest absolute Gasteiger partial charge is 0.221 e. The van der Waals surface area contributed by atoms with Crippen molar-refractivity contribution in [1.29, 1.82) is 0 Å². The molecule has 0 bridgehead atoms. The number of rotatable bonds is 5. The van der Waals surface area contributed by atoms with Gasteiger partial charge in [0, 0.05) is 45.8 Å². The molecule has 0 aromatic heterocycles. The fourth-order valence-corrected chi connectivity index (χ4v) is 2.29. The molecule has 1 aromatic carbocycles. The molecule has 0 aliphatic carbocycles. The molecule has 0 atom stereocenters. The van der Waals surface area contributed by atoms with Gasteiger partial charge < -0.3 is 15.5 Å². The van der Waals surface area contributed by atoms with Crippen molar-refractivity contribution in [2.24, 2.45) is 0 Å². The summed E-state index contributed by atoms with van der Waals surface area (Å²) in [7, 11) is 3.80. The van der Waals surface area contributed by atoms with Crippen molar-refractivity contribution in [3.8, 4) is 0 Å². The lowest BCUT2D eigenvalue weighted by molar-refractivity contribution is -0.120. The van der Waals surface area contributed by atoms with E-state index in [2.05, 4.69) is 40.8 Å². The summed E-state index contributed by atoms with van der Waals surface area (Å²) >= 11 is 0. The number of benzene rings is 1. The van der Waals surface area contributed by atoms with Gasteiger partial charge in [-0.05, 0) is 23.6 Å². The number of nitrogens with one attached hydrogen (secondary N) is 2. The van der Waals surface area contributed by atoms with Crippen molar-refractivity contribution < 1.29 is 4.79 Å². The predicted octanol–water partition coefficient (Wildman–Crippen LogP) is 0.905. The number of anilines is 1. The highest BCUT2D eigenvalue weighted by Crippen LogP contribution is 2.27. The van der Waals surface area contributed by atoms with Crippen molar-refractivity contribution in [3.63, 3.8) is 0 Å². The van der Waals surface area contributed by atoms with Crippen LogP contribution in [0.2, 0.25) is 0 Å². The summed E-state index contributed by atoms with van der Waals surface area (Å²) in [4.78, 5) is 13.3. The Bertz CT molecular complexity index is 431. The van der Waals surface area contributed by atoms with Crippen molar-refractivity contribution in [1.82, 2.24) is 10.6 Å². The molecule has 0 fully saturated rings. The maximum atomic E-state index is 11.1. The van der Waals surface area contributed by atoms with Gasteiger partial charge in [-0.15, -0.1) is 0 Å². The zero-order chi connectivity index (χ0) is 13.0. The van der Waals surface area contributed by atoms with Crippen molar-refractivity contribution in [2.75, 3.05) is 32.1 Å². The van der Waals surface area contributed by atoms with E-state index in [9.17, 15) is 4.79 Å². The molecule has 1 aromatic rings. The normalized spacial score (nSPS) is 13.6. The van der Waals surface area contributed by atoms with E-state index in [-0.39, 0.29) is 5.91 Å². The van der Waals surface area contributed by atoms with Gasteiger partial charge in [0.15, 0.2) is 0 Å². The Morgan fingerprint density at radius 1 is 1.44 bits per heavy atom. The minimum atomic E-state index is 0.0816. The quantitative estimate of drug-likeness (QED) is 0.760. The first kappa shape index (κ1) is 12.9. The van der Waals surface area contributed by atoms with Gasteiger partial charge in [0.25, 0.3) is 0 Å². The highest BCUT2D eigenvalue weighted by Gasteiger charge is 2.15. The van der Waals surface area contributed by atoms with Crippen LogP contribution in [0, 0.1) is 0 Å². The second-order valence-electron chi connectivity index (χ2n) is 4.73. The summed E-state index contributed by atoms with van der Waals surface area (Å²) in [5, 5.41) is 5.91. The molecule has 1 amide bonds. The van der Waals surface area contributed by atoms with Crippen LogP contribution in [-0.2, 0) is 17.8 Å². The third-order valence-corrected chi connectivity index (χ3v) is 3.41. The molecule has 1 heterocycles. The monoisotopic (exact) mass is 247 g/mol. The first-order chi connectivity index (χ1) is 8.70. The largest absolute Gasteiger partial charge is 0.374 e. The van der Waals surface area contributed by atoms with Crippen LogP contribution in [0.15, 0.2) is 18.2 Å². The lowest BCUT2D eigenvalue weighted by Gasteiger charge is -2.12. The average Bonchev–Trinajstić information content (AvgIpc) is 2.76. The zero-order valence-corrected chi connectivity index (χ0v) is 11.1. The van der Waals surface area contributed by atoms with Crippen molar-refractivity contribution >= 4 is 11.6 Å². The second kappa shape index (κ2) is 5.87. The first-order valence-electron chi connectivity index (χ1n) is 6.45. The Morgan fingerprint density at radius 2 is 2.28 bits per heavy atom. The summed E-state index contributed by atoms with van der Waals surface area (Å²) in [6, 6.07) is 6.62. The van der Waals surface area contributed by atoms with Gasteiger partial charge in [-0.2, -0.15) is 0 Å². The number of carbonyl (C=O) groups is 1. The molecule has 0 saturated carbocycles. The van der Waals surface area contributed by atoms with E-state index in [0.29, 0.717) is 6.42 Å². The number of amides is 1. The molecular weight excluding hydrogens is 226 g/mol. The van der Waals surface area contributed by atoms with Crippen molar-refractivity contribution in [2.45, 2.75) is 19.4 Å². The molecule has 2 N–H and O–H groups in total. The molecule has 98 valence electrons. The van der Waals surface area contributed by atoms with Gasteiger partial charge in [0.1, 0.15) is 0 Å². The van der Waals surface area contributed by atoms with E-state index in [0.717, 1.165) is 26.1 Å². The molecule has 18 heavy (non-hydrogen) atoms. The molecule has 0 radical (unpaired) electrons. The molecule has 4 heteroatoms. The minimum Gasteiger partial charge on any atom is -0.374 e. The highest BCUT2D eigenvalue weighted by atomic mass is 16.1. The van der Waals surface area contributed by atoms with Crippen LogP contribution in [0.3, 0.4) is 0 Å². The number of likely N-dealkylation sites (N-methyl/N-ethyl adjacent to an activating group) is 1. The molecule has 0 unspecified atom stereocenters. The molecule has 1 aliphatic rings. The second-order valence-corrected chi connectivity index (χ2v) is 4.73. The number of fused-ring (bicyclic) bond motifs is 1. The molecule has 0 saturated heterocycles. The van der Waals surface area contributed by atoms with Crippen LogP contribution in [0.4, 0.5) is 5.69 Å². The fraction of sp³-hybridized carbons (Fsp3) is 0.500. The third kappa shape index (κ3) is 3.01. The summed E-state index contributed by atoms with van der Waals surface area (Å²) in [6.07, 6.45) is 1.67. The fourth-order valence-electron chi connectivity index (χ4n) is 2.29. The summed E-state index contributed by atoms with van der Waals surface area (Å²) in [5.74, 6) is 0.0816. The Morgan fingerprint density at radius 3 is 3.06 bits per heavy atom. The van der Waals surface area contributed by atoms with E-state index in [1.165, 1.54) is 16.8 Å². The minimum absolute atomic E-state index is 0.0816. The molecule has 2 rings (SSSR count). The van der Waals surface area contributed by atoms with E-state index >= 15 is 0 Å². The Kier molecular flexibility index (Phi) is 4.20. The topological polar surface area (TPSA) is 44.4 Å². The van der Waals surface area contributed by atoms with Crippen LogP contribution in [0.25, 0.3) is 0 Å². The van der Waals surface area contributed by atoms with E-state index in [1.807, 2.05) is 0 Å². The molecule has 0 spiro atoms. The van der Waals surface area contributed by atoms with Gasteiger partial charge in [-0.3, -0.25) is 4.79 Å². The van der Waals surface area contributed by atoms with E-state index in [4.69, 9.17) is 0 Å². The Labute approximate surface area is 108 Å². The Hall–Kier alpha value is -1.55. The standard InChI is InChI=1S/C14H21N3O/c1-15-14(18)5-7-16-10-11-3-4-13-12(9-11)6-8-17(13)2/h3-4,9,16H,5-8,10H2,1-2H3,(H,15,18). The van der Waals surface area contributed by atoms with Crippen LogP contribution in [0.1, 0.15) is 17.5 Å². The van der Waals surface area contributed by atoms with Crippen LogP contribution < -0.4 is 15.5 Å². The lowest BCUT2D eigenvalue weighted by Crippen LogP contribution is -2.24. The van der Waals surface area contributed by atoms with Gasteiger partial charge in [-0.1, -0.05) is 12.1 Å². The number of nitrogens with zero attached hydrogens (tertiary/aromatic N) is 1. The van der Waals surface area contributed by atoms with E-state index < -0.39 is 0 Å². The highest BCUT2D eigenvalue weighted by molar-refractivity contribution is 5.75. The van der Waals surface area contributed by atoms with Gasteiger partial charge in [-0.25, -0.2) is 0 Å². The van der Waals surface area contributed by atoms with Crippen LogP contribution in [-0.4, -0.2) is 33.1 Å². The molecule has 1 aliphatic heterocycles. The number of hydrogen-bond acceptors (Lipinski definition) is 3. The first-order valence-corrected chi connectivity index (χ1v) is 6.45.